The van der Waals surface area contributed by atoms with Crippen LogP contribution in [0.5, 0.6) is 0 Å². The predicted octanol–water partition coefficient (Wildman–Crippen LogP) is -16.1. The number of rotatable bonds is 20. The zero-order chi connectivity index (χ0) is 59.6. The fourth-order valence-electron chi connectivity index (χ4n) is 10.3. The summed E-state index contributed by atoms with van der Waals surface area (Å²) in [5.74, 6) is -0.796. The monoisotopic (exact) mass is 1190 g/mol. The number of carbonyl (C=O) groups is 1. The minimum absolute atomic E-state index is 0.796. The molecule has 37 heteroatoms. The highest BCUT2D eigenvalue weighted by molar-refractivity contribution is 5.73. The van der Waals surface area contributed by atoms with Crippen molar-refractivity contribution >= 4 is 5.91 Å². The van der Waals surface area contributed by atoms with E-state index >= 15 is 0 Å². The lowest BCUT2D eigenvalue weighted by Crippen LogP contribution is -2.69. The van der Waals surface area contributed by atoms with Gasteiger partial charge in [-0.05, 0) is 0 Å². The first-order valence-electron chi connectivity index (χ1n) is 25.6. The van der Waals surface area contributed by atoms with Crippen molar-refractivity contribution in [2.45, 2.75) is 222 Å². The second-order valence-corrected chi connectivity index (χ2v) is 20.3. The third kappa shape index (κ3) is 14.1. The predicted molar refractivity (Wildman–Crippen MR) is 243 cm³/mol. The Morgan fingerprint density at radius 3 is 1.09 bits per heavy atom. The molecule has 0 unspecified atom stereocenters. The molecule has 7 aliphatic heterocycles. The van der Waals surface area contributed by atoms with Gasteiger partial charge in [0.25, 0.3) is 0 Å². The number of amides is 1. The molecule has 23 N–H and O–H groups in total. The van der Waals surface area contributed by atoms with E-state index in [1.165, 1.54) is 0 Å². The van der Waals surface area contributed by atoms with Crippen LogP contribution in [-0.2, 0) is 66.4 Å². The van der Waals surface area contributed by atoms with Gasteiger partial charge in [-0.1, -0.05) is 0 Å². The van der Waals surface area contributed by atoms with Crippen LogP contribution < -0.4 is 5.32 Å². The Labute approximate surface area is 457 Å². The van der Waals surface area contributed by atoms with Crippen LogP contribution in [0.25, 0.3) is 0 Å². The average Bonchev–Trinajstić information content (AvgIpc) is 3.64. The van der Waals surface area contributed by atoms with E-state index in [0.29, 0.717) is 0 Å². The standard InChI is InChI=1S/C44H75NO36/c1-9(52)45-17-24(59)33(15(7-51)70-38(17)68)77-42-32(67)35(23(58)16(76-42)8-69-39-31(66)34(22(57)14(6-50)71-39)78-40-29(64)25(60)18(53)10(2-46)72-40)79-43-37(28(63)21(56)12(4-48)74-43)81-44-36(27(62)20(55)13(5-49)75-44)80-41-30(65)26(61)19(54)11(3-47)73-41/h10-44,46-51,53-68H,2-8H2,1H3,(H,45,52)/t10-,11-,12-,13-,14-,15-,16-,17-,18-,19-,20-,21-,22-,23-,24-,25+,26+,27+,28+,29+,30+,31+,32+,33-,34+,35+,36+,37+,38+,39+,40-,41-,42+,43-,44-/m1/s1. The van der Waals surface area contributed by atoms with E-state index in [0.717, 1.165) is 6.92 Å². The zero-order valence-corrected chi connectivity index (χ0v) is 42.7. The highest BCUT2D eigenvalue weighted by Gasteiger charge is 2.59. The van der Waals surface area contributed by atoms with Crippen molar-refractivity contribution in [2.24, 2.45) is 0 Å². The van der Waals surface area contributed by atoms with Crippen molar-refractivity contribution in [1.29, 1.82) is 0 Å². The molecular formula is C44H75NO36. The summed E-state index contributed by atoms with van der Waals surface area (Å²) < 4.78 is 74.2. The summed E-state index contributed by atoms with van der Waals surface area (Å²) in [4.78, 5) is 12.1. The number of aliphatic hydroxyl groups is 22. The Morgan fingerprint density at radius 1 is 0.321 bits per heavy atom. The SMILES string of the molecule is CC(=O)N[C@@H]1[C@@H](O)[C@H](O[C@@H]2O[C@H](CO[C@H]3O[C@H](CO)[C@@H](O)[C@H](O[C@H]4O[C@H](CO)[C@@H](O)[C@H](O)[C@@H]4O)[C@@H]3O)[C@@H](O)[C@H](O[C@H]3O[C@H](CO)[C@@H](O)[C@H](O)[C@@H]3O[C@H]3O[C@H](CO)[C@@H](O)[C@H](O)[C@@H]3O[C@H]3O[C@H](CO)[C@@H](O)[C@H](O)[C@@H]3O)[C@@H]2O)[C@@H](CO)O[C@@H]1O. The van der Waals surface area contributed by atoms with E-state index in [2.05, 4.69) is 5.32 Å². The van der Waals surface area contributed by atoms with Gasteiger partial charge >= 0.3 is 0 Å². The fraction of sp³-hybridized carbons (Fsp3) is 0.977. The number of ether oxygens (including phenoxy) is 13. The molecule has 81 heavy (non-hydrogen) atoms. The zero-order valence-electron chi connectivity index (χ0n) is 42.7. The van der Waals surface area contributed by atoms with Gasteiger partial charge in [-0.25, -0.2) is 0 Å². The Kier molecular flexibility index (Phi) is 23.6. The maximum absolute atomic E-state index is 12.1. The Morgan fingerprint density at radius 2 is 0.642 bits per heavy atom. The summed E-state index contributed by atoms with van der Waals surface area (Å²) in [7, 11) is 0. The molecule has 7 aliphatic rings. The lowest BCUT2D eigenvalue weighted by atomic mass is 9.94. The molecule has 0 aliphatic carbocycles. The van der Waals surface area contributed by atoms with Gasteiger partial charge in [-0.15, -0.1) is 0 Å². The minimum atomic E-state index is -2.39. The molecule has 7 heterocycles. The van der Waals surface area contributed by atoms with Crippen LogP contribution in [0.2, 0.25) is 0 Å². The van der Waals surface area contributed by atoms with Crippen LogP contribution in [0.15, 0.2) is 0 Å². The van der Waals surface area contributed by atoms with Crippen molar-refractivity contribution in [1.82, 2.24) is 5.32 Å². The fourth-order valence-corrected chi connectivity index (χ4v) is 10.3. The first kappa shape index (κ1) is 66.6. The summed E-state index contributed by atoms with van der Waals surface area (Å²) >= 11 is 0. The molecule has 0 aromatic carbocycles. The van der Waals surface area contributed by atoms with Gasteiger partial charge < -0.3 is 179 Å². The molecule has 0 spiro atoms. The Bertz CT molecular complexity index is 1940. The molecule has 7 rings (SSSR count). The van der Waals surface area contributed by atoms with Crippen LogP contribution in [0.1, 0.15) is 6.92 Å². The molecule has 37 nitrogen and oxygen atoms in total. The van der Waals surface area contributed by atoms with Crippen LogP contribution in [0.4, 0.5) is 0 Å². The van der Waals surface area contributed by atoms with Gasteiger partial charge in [0.2, 0.25) is 5.91 Å². The van der Waals surface area contributed by atoms with Gasteiger partial charge in [-0.3, -0.25) is 4.79 Å². The second kappa shape index (κ2) is 28.7. The first-order chi connectivity index (χ1) is 38.3. The largest absolute Gasteiger partial charge is 0.394 e. The number of nitrogens with one attached hydrogen (secondary N) is 1. The number of carbonyl (C=O) groups excluding carboxylic acids is 1. The average molecular weight is 1190 g/mol. The van der Waals surface area contributed by atoms with E-state index in [-0.39, 0.29) is 0 Å². The minimum Gasteiger partial charge on any atom is -0.394 e. The third-order valence-electron chi connectivity index (χ3n) is 14.9. The highest BCUT2D eigenvalue weighted by Crippen LogP contribution is 2.38. The molecule has 0 aromatic rings. The summed E-state index contributed by atoms with van der Waals surface area (Å²) in [6.07, 6.45) is -68.8. The van der Waals surface area contributed by atoms with Crippen LogP contribution in [0.3, 0.4) is 0 Å². The normalized spacial score (nSPS) is 51.9. The molecule has 1 amide bonds. The maximum atomic E-state index is 12.1. The van der Waals surface area contributed by atoms with Gasteiger partial charge in [0.15, 0.2) is 44.0 Å². The van der Waals surface area contributed by atoms with Crippen LogP contribution in [0, 0.1) is 0 Å². The van der Waals surface area contributed by atoms with Gasteiger partial charge in [0.05, 0.1) is 46.2 Å². The molecule has 0 saturated carbocycles. The second-order valence-electron chi connectivity index (χ2n) is 20.3. The summed E-state index contributed by atoms with van der Waals surface area (Å²) in [6.45, 7) is -6.06. The molecule has 7 saturated heterocycles. The number of hydrogen-bond acceptors (Lipinski definition) is 36. The molecule has 35 atom stereocenters. The Balaban J connectivity index is 1.19. The molecule has 0 aromatic heterocycles. The van der Waals surface area contributed by atoms with Crippen molar-refractivity contribution in [3.63, 3.8) is 0 Å². The lowest BCUT2D eigenvalue weighted by Gasteiger charge is -2.50. The summed E-state index contributed by atoms with van der Waals surface area (Å²) in [6, 6.07) is -1.68. The number of hydrogen-bond donors (Lipinski definition) is 23. The quantitative estimate of drug-likeness (QED) is 0.0538. The van der Waals surface area contributed by atoms with E-state index in [4.69, 9.17) is 61.6 Å². The van der Waals surface area contributed by atoms with E-state index in [1.807, 2.05) is 0 Å². The van der Waals surface area contributed by atoms with Gasteiger partial charge in [-0.2, -0.15) is 0 Å². The molecule has 0 bridgehead atoms. The van der Waals surface area contributed by atoms with Gasteiger partial charge in [0.1, 0.15) is 171 Å². The molecule has 0 radical (unpaired) electrons. The lowest BCUT2D eigenvalue weighted by molar-refractivity contribution is -0.407. The molecular weight excluding hydrogens is 1120 g/mol. The van der Waals surface area contributed by atoms with Crippen molar-refractivity contribution in [2.75, 3.05) is 46.2 Å². The summed E-state index contributed by atoms with van der Waals surface area (Å²) in [5, 5.41) is 239. The van der Waals surface area contributed by atoms with Crippen LogP contribution >= 0.6 is 0 Å². The Hall–Kier alpha value is -1.93. The summed E-state index contributed by atoms with van der Waals surface area (Å²) in [5.41, 5.74) is 0. The van der Waals surface area contributed by atoms with E-state index < -0.39 is 267 Å². The van der Waals surface area contributed by atoms with Gasteiger partial charge in [0, 0.05) is 6.92 Å². The third-order valence-corrected chi connectivity index (χ3v) is 14.9. The topological polar surface area (TPSA) is 594 Å². The molecule has 7 fully saturated rings. The highest BCUT2D eigenvalue weighted by atomic mass is 16.8. The van der Waals surface area contributed by atoms with Crippen molar-refractivity contribution in [3.8, 4) is 0 Å². The van der Waals surface area contributed by atoms with Crippen molar-refractivity contribution in [3.05, 3.63) is 0 Å². The smallest absolute Gasteiger partial charge is 0.217 e. The first-order valence-corrected chi connectivity index (χ1v) is 25.6. The van der Waals surface area contributed by atoms with Crippen LogP contribution in [-0.4, -0.2) is 379 Å². The molecule has 472 valence electrons. The van der Waals surface area contributed by atoms with E-state index in [9.17, 15) is 117 Å². The van der Waals surface area contributed by atoms with E-state index in [1.54, 1.807) is 0 Å². The number of aliphatic hydroxyl groups excluding tert-OH is 22. The maximum Gasteiger partial charge on any atom is 0.217 e. The van der Waals surface area contributed by atoms with Crippen molar-refractivity contribution < 1.29 is 179 Å².